The summed E-state index contributed by atoms with van der Waals surface area (Å²) in [4.78, 5) is 27.0. The minimum absolute atomic E-state index is 0.0117. The summed E-state index contributed by atoms with van der Waals surface area (Å²) in [6.45, 7) is 6.87. The first-order chi connectivity index (χ1) is 17.3. The van der Waals surface area contributed by atoms with Crippen molar-refractivity contribution in [1.82, 2.24) is 4.90 Å². The third-order valence-electron chi connectivity index (χ3n) is 6.25. The van der Waals surface area contributed by atoms with E-state index in [0.717, 1.165) is 21.8 Å². The number of hydrogen-bond acceptors (Lipinski definition) is 7. The zero-order chi connectivity index (χ0) is 26.1. The lowest BCUT2D eigenvalue weighted by atomic mass is 9.98. The molecule has 8 nitrogen and oxygen atoms in total. The fourth-order valence-electron chi connectivity index (χ4n) is 4.13. The molecule has 196 valence electrons. The summed E-state index contributed by atoms with van der Waals surface area (Å²) in [6, 6.07) is 16.6. The van der Waals surface area contributed by atoms with Crippen molar-refractivity contribution >= 4 is 12.0 Å². The Hall–Kier alpha value is -2.94. The molecule has 1 fully saturated rings. The van der Waals surface area contributed by atoms with Gasteiger partial charge in [0.2, 0.25) is 0 Å². The largest absolute Gasteiger partial charge is 0.497 e. The normalized spacial score (nSPS) is 18.1. The van der Waals surface area contributed by atoms with Gasteiger partial charge in [-0.15, -0.1) is 0 Å². The second-order valence-corrected chi connectivity index (χ2v) is 9.59. The maximum atomic E-state index is 13.5. The predicted octanol–water partition coefficient (Wildman–Crippen LogP) is 4.19. The zero-order valence-electron chi connectivity index (χ0n) is 21.5. The van der Waals surface area contributed by atoms with E-state index in [1.54, 1.807) is 7.11 Å². The molecule has 0 spiro atoms. The molecule has 1 unspecified atom stereocenters. The number of rotatable bonds is 13. The molecule has 8 heteroatoms. The second-order valence-electron chi connectivity index (χ2n) is 9.59. The van der Waals surface area contributed by atoms with Gasteiger partial charge in [-0.1, -0.05) is 63.2 Å². The topological polar surface area (TPSA) is 94.5 Å². The van der Waals surface area contributed by atoms with Crippen molar-refractivity contribution in [2.24, 2.45) is 11.8 Å². The first-order valence-electron chi connectivity index (χ1n) is 12.3. The molecule has 1 aliphatic rings. The van der Waals surface area contributed by atoms with Crippen LogP contribution in [0.15, 0.2) is 54.6 Å². The van der Waals surface area contributed by atoms with Gasteiger partial charge >= 0.3 is 6.09 Å². The number of aliphatic hydroxyl groups is 1. The van der Waals surface area contributed by atoms with Crippen molar-refractivity contribution < 1.29 is 33.6 Å². The van der Waals surface area contributed by atoms with Gasteiger partial charge in [0, 0.05) is 6.61 Å². The molecule has 1 heterocycles. The molecule has 0 aliphatic carbocycles. The molecule has 1 aliphatic heterocycles. The van der Waals surface area contributed by atoms with Crippen molar-refractivity contribution in [3.05, 3.63) is 65.7 Å². The molecule has 2 aromatic carbocycles. The lowest BCUT2D eigenvalue weighted by Gasteiger charge is -2.30. The monoisotopic (exact) mass is 499 g/mol. The van der Waals surface area contributed by atoms with Crippen molar-refractivity contribution in [1.29, 1.82) is 0 Å². The quantitative estimate of drug-likeness (QED) is 0.442. The lowest BCUT2D eigenvalue weighted by Crippen LogP contribution is -2.51. The summed E-state index contributed by atoms with van der Waals surface area (Å²) in [5, 5.41) is 11.1. The highest BCUT2D eigenvalue weighted by molar-refractivity contribution is 5.96. The lowest BCUT2D eigenvalue weighted by molar-refractivity contribution is -0.152. The Kier molecular flexibility index (Phi) is 10.3. The zero-order valence-corrected chi connectivity index (χ0v) is 21.5. The molecule has 1 saturated heterocycles. The van der Waals surface area contributed by atoms with E-state index in [-0.39, 0.29) is 31.5 Å². The van der Waals surface area contributed by atoms with Crippen molar-refractivity contribution in [2.75, 3.05) is 20.3 Å². The highest BCUT2D eigenvalue weighted by Gasteiger charge is 2.44. The molecule has 0 radical (unpaired) electrons. The Labute approximate surface area is 213 Å². The third-order valence-corrected chi connectivity index (χ3v) is 6.25. The summed E-state index contributed by atoms with van der Waals surface area (Å²) < 4.78 is 22.1. The molecule has 0 bridgehead atoms. The van der Waals surface area contributed by atoms with Crippen LogP contribution in [0.2, 0.25) is 0 Å². The number of ether oxygens (including phenoxy) is 4. The number of carbonyl (C=O) groups excluding carboxylic acids is 2. The molecule has 36 heavy (non-hydrogen) atoms. The average Bonchev–Trinajstić information content (AvgIpc) is 3.26. The summed E-state index contributed by atoms with van der Waals surface area (Å²) in [5.74, 6) is 0.159. The van der Waals surface area contributed by atoms with Crippen LogP contribution in [0.3, 0.4) is 0 Å². The minimum atomic E-state index is -1.21. The Bertz CT molecular complexity index is 964. The summed E-state index contributed by atoms with van der Waals surface area (Å²) in [7, 11) is 1.62. The molecule has 0 aromatic heterocycles. The van der Waals surface area contributed by atoms with Crippen molar-refractivity contribution in [3.63, 3.8) is 0 Å². The number of hydrogen-bond donors (Lipinski definition) is 1. The van der Waals surface area contributed by atoms with Crippen LogP contribution in [0.4, 0.5) is 4.79 Å². The molecule has 0 saturated carbocycles. The number of cyclic esters (lactones) is 1. The highest BCUT2D eigenvalue weighted by atomic mass is 16.6. The smallest absolute Gasteiger partial charge is 0.417 e. The van der Waals surface area contributed by atoms with Gasteiger partial charge in [0.25, 0.3) is 5.91 Å². The molecule has 4 atom stereocenters. The van der Waals surface area contributed by atoms with Gasteiger partial charge < -0.3 is 24.1 Å². The van der Waals surface area contributed by atoms with E-state index < -0.39 is 30.3 Å². The van der Waals surface area contributed by atoms with E-state index in [4.69, 9.17) is 18.9 Å². The van der Waals surface area contributed by atoms with Crippen LogP contribution < -0.4 is 4.74 Å². The van der Waals surface area contributed by atoms with Crippen LogP contribution >= 0.6 is 0 Å². The number of nitrogens with zero attached hydrogens (tertiary/aromatic N) is 1. The molecule has 2 aromatic rings. The van der Waals surface area contributed by atoms with Crippen LogP contribution in [0.5, 0.6) is 5.75 Å². The van der Waals surface area contributed by atoms with E-state index >= 15 is 0 Å². The Balaban J connectivity index is 1.62. The van der Waals surface area contributed by atoms with Crippen LogP contribution in [0.25, 0.3) is 0 Å². The third kappa shape index (κ3) is 7.53. The SMILES string of the molecule is COc1ccc(COCC(C)C[C@H](O)[C@H](OCc2ccccc2)C(=O)N2C(=O)OC[C@@H]2C(C)C)cc1. The van der Waals surface area contributed by atoms with E-state index in [9.17, 15) is 14.7 Å². The number of amides is 2. The Morgan fingerprint density at radius 3 is 2.36 bits per heavy atom. The number of aliphatic hydroxyl groups excluding tert-OH is 1. The predicted molar refractivity (Wildman–Crippen MR) is 134 cm³/mol. The van der Waals surface area contributed by atoms with Gasteiger partial charge in [-0.3, -0.25) is 4.79 Å². The van der Waals surface area contributed by atoms with Crippen LogP contribution in [0, 0.1) is 11.8 Å². The van der Waals surface area contributed by atoms with E-state index in [1.807, 2.05) is 75.4 Å². The molecular formula is C28H37NO7. The summed E-state index contributed by atoms with van der Waals surface area (Å²) >= 11 is 0. The minimum Gasteiger partial charge on any atom is -0.497 e. The van der Waals surface area contributed by atoms with Crippen molar-refractivity contribution in [2.45, 2.75) is 58.7 Å². The van der Waals surface area contributed by atoms with Gasteiger partial charge in [-0.05, 0) is 41.5 Å². The fraction of sp³-hybridized carbons (Fsp3) is 0.500. The number of carbonyl (C=O) groups is 2. The van der Waals surface area contributed by atoms with Crippen LogP contribution in [-0.2, 0) is 32.2 Å². The molecule has 1 N–H and O–H groups in total. The summed E-state index contributed by atoms with van der Waals surface area (Å²) in [6.07, 6.45) is -2.76. The van der Waals surface area contributed by atoms with Gasteiger partial charge in [-0.25, -0.2) is 9.69 Å². The van der Waals surface area contributed by atoms with E-state index in [2.05, 4.69) is 0 Å². The van der Waals surface area contributed by atoms with Gasteiger partial charge in [0.05, 0.1) is 32.5 Å². The second kappa shape index (κ2) is 13.4. The first-order valence-corrected chi connectivity index (χ1v) is 12.3. The van der Waals surface area contributed by atoms with Crippen LogP contribution in [0.1, 0.15) is 38.3 Å². The summed E-state index contributed by atoms with van der Waals surface area (Å²) in [5.41, 5.74) is 1.87. The molecular weight excluding hydrogens is 462 g/mol. The molecule has 3 rings (SSSR count). The first kappa shape index (κ1) is 27.6. The average molecular weight is 500 g/mol. The van der Waals surface area contributed by atoms with Crippen LogP contribution in [-0.4, -0.2) is 60.6 Å². The van der Waals surface area contributed by atoms with Gasteiger partial charge in [-0.2, -0.15) is 0 Å². The number of benzene rings is 2. The highest BCUT2D eigenvalue weighted by Crippen LogP contribution is 2.24. The fourth-order valence-corrected chi connectivity index (χ4v) is 4.13. The van der Waals surface area contributed by atoms with Crippen molar-refractivity contribution in [3.8, 4) is 5.75 Å². The van der Waals surface area contributed by atoms with E-state index in [1.165, 1.54) is 0 Å². The van der Waals surface area contributed by atoms with E-state index in [0.29, 0.717) is 13.2 Å². The molecule has 2 amide bonds. The maximum Gasteiger partial charge on any atom is 0.417 e. The maximum absolute atomic E-state index is 13.5. The Morgan fingerprint density at radius 2 is 1.72 bits per heavy atom. The number of imide groups is 1. The van der Waals surface area contributed by atoms with Gasteiger partial charge in [0.15, 0.2) is 6.10 Å². The number of methoxy groups -OCH3 is 1. The standard InChI is InChI=1S/C28H37NO7/c1-19(2)24-18-36-28(32)29(24)27(31)26(35-17-21-8-6-5-7-9-21)25(30)14-20(3)15-34-16-22-10-12-23(33-4)13-11-22/h5-13,19-20,24-26,30H,14-18H2,1-4H3/t20?,24-,25+,26+/m1/s1. The van der Waals surface area contributed by atoms with Gasteiger partial charge in [0.1, 0.15) is 12.4 Å². The Morgan fingerprint density at radius 1 is 1.06 bits per heavy atom.